The average Bonchev–Trinajstić information content (AvgIpc) is 2.85. The maximum atomic E-state index is 13.9. The molecule has 0 bridgehead atoms. The minimum atomic E-state index is -0.887. The fraction of sp³-hybridized carbons (Fsp3) is 0.387. The third-order valence-electron chi connectivity index (χ3n) is 6.20. The fourth-order valence-corrected chi connectivity index (χ4v) is 4.31. The first-order chi connectivity index (χ1) is 18.0. The van der Waals surface area contributed by atoms with Gasteiger partial charge < -0.3 is 20.3 Å². The van der Waals surface area contributed by atoms with E-state index in [1.165, 1.54) is 0 Å². The molecule has 0 saturated carbocycles. The molecule has 202 valence electrons. The highest BCUT2D eigenvalue weighted by Crippen LogP contribution is 2.28. The lowest BCUT2D eigenvalue weighted by atomic mass is 9.97. The second-order valence-electron chi connectivity index (χ2n) is 10.6. The maximum absolute atomic E-state index is 13.9. The van der Waals surface area contributed by atoms with Crippen LogP contribution in [0.3, 0.4) is 0 Å². The van der Waals surface area contributed by atoms with Crippen molar-refractivity contribution in [3.63, 3.8) is 0 Å². The summed E-state index contributed by atoms with van der Waals surface area (Å²) in [4.78, 5) is 41.7. The third-order valence-corrected chi connectivity index (χ3v) is 6.20. The summed E-state index contributed by atoms with van der Waals surface area (Å²) in [5.74, 6) is -0.672. The monoisotopic (exact) mass is 517 g/mol. The van der Waals surface area contributed by atoms with Crippen molar-refractivity contribution in [2.45, 2.75) is 72.1 Å². The number of amides is 3. The van der Waals surface area contributed by atoms with Crippen LogP contribution >= 0.6 is 0 Å². The van der Waals surface area contributed by atoms with Crippen molar-refractivity contribution in [3.8, 4) is 0 Å². The van der Waals surface area contributed by atoms with E-state index in [1.807, 2.05) is 80.6 Å². The topological polar surface area (TPSA) is 87.7 Å². The number of carbonyl (C=O) groups excluding carboxylic acids is 3. The van der Waals surface area contributed by atoms with E-state index in [0.29, 0.717) is 18.7 Å². The van der Waals surface area contributed by atoms with Crippen LogP contribution in [0, 0.1) is 6.92 Å². The summed E-state index contributed by atoms with van der Waals surface area (Å²) in [5, 5.41) is 7.75. The Balaban J connectivity index is 1.95. The largest absolute Gasteiger partial charge is 0.444 e. The molecule has 2 atom stereocenters. The van der Waals surface area contributed by atoms with E-state index in [2.05, 4.69) is 10.6 Å². The molecule has 0 fully saturated rings. The molecule has 0 radical (unpaired) electrons. The Kier molecular flexibility index (Phi) is 9.50. The summed E-state index contributed by atoms with van der Waals surface area (Å²) in [6.07, 6.45) is 0.864. The Hall–Kier alpha value is -3.87. The van der Waals surface area contributed by atoms with Crippen molar-refractivity contribution in [2.75, 3.05) is 11.9 Å². The molecule has 0 aromatic heterocycles. The molecule has 3 aromatic rings. The molecule has 0 spiro atoms. The number of rotatable bonds is 9. The third kappa shape index (κ3) is 7.57. The maximum Gasteiger partial charge on any atom is 0.408 e. The summed E-state index contributed by atoms with van der Waals surface area (Å²) >= 11 is 0. The number of nitrogens with one attached hydrogen (secondary N) is 2. The summed E-state index contributed by atoms with van der Waals surface area (Å²) in [5.41, 5.74) is 1.58. The van der Waals surface area contributed by atoms with Gasteiger partial charge in [0.15, 0.2) is 0 Å². The molecule has 2 unspecified atom stereocenters. The van der Waals surface area contributed by atoms with Crippen molar-refractivity contribution < 1.29 is 19.1 Å². The van der Waals surface area contributed by atoms with Gasteiger partial charge >= 0.3 is 6.09 Å². The van der Waals surface area contributed by atoms with E-state index in [0.717, 1.165) is 28.3 Å². The zero-order valence-electron chi connectivity index (χ0n) is 23.2. The van der Waals surface area contributed by atoms with Gasteiger partial charge in [0.2, 0.25) is 5.91 Å². The summed E-state index contributed by atoms with van der Waals surface area (Å²) in [6.45, 7) is 11.2. The van der Waals surface area contributed by atoms with Crippen LogP contribution in [-0.2, 0) is 14.3 Å². The molecule has 2 N–H and O–H groups in total. The van der Waals surface area contributed by atoms with E-state index in [4.69, 9.17) is 4.74 Å². The van der Waals surface area contributed by atoms with Gasteiger partial charge in [-0.15, -0.1) is 0 Å². The van der Waals surface area contributed by atoms with E-state index in [-0.39, 0.29) is 11.8 Å². The van der Waals surface area contributed by atoms with Gasteiger partial charge in [-0.05, 0) is 75.1 Å². The number of fused-ring (bicyclic) bond motifs is 1. The molecule has 0 saturated heterocycles. The molecule has 3 aromatic carbocycles. The molecule has 3 rings (SSSR count). The minimum Gasteiger partial charge on any atom is -0.444 e. The van der Waals surface area contributed by atoms with E-state index in [9.17, 15) is 14.4 Å². The molecule has 0 heterocycles. The quantitative estimate of drug-likeness (QED) is 0.345. The second kappa shape index (κ2) is 12.6. The van der Waals surface area contributed by atoms with Crippen molar-refractivity contribution in [2.24, 2.45) is 0 Å². The number of benzene rings is 3. The number of unbranched alkanes of at least 4 members (excludes halogenated alkanes) is 1. The summed E-state index contributed by atoms with van der Waals surface area (Å²) in [6, 6.07) is 19.5. The minimum absolute atomic E-state index is 0.316. The molecule has 38 heavy (non-hydrogen) atoms. The lowest BCUT2D eigenvalue weighted by Gasteiger charge is -2.34. The summed E-state index contributed by atoms with van der Waals surface area (Å²) < 4.78 is 5.35. The fourth-order valence-electron chi connectivity index (χ4n) is 4.31. The number of nitrogens with zero attached hydrogens (tertiary/aromatic N) is 1. The van der Waals surface area contributed by atoms with Crippen molar-refractivity contribution in [3.05, 3.63) is 77.9 Å². The van der Waals surface area contributed by atoms with E-state index in [1.54, 1.807) is 32.6 Å². The number of hydrogen-bond acceptors (Lipinski definition) is 4. The molecule has 0 aliphatic rings. The average molecular weight is 518 g/mol. The standard InChI is InChI=1S/C31H39N3O4/c1-7-8-19-34(29(36)22(3)32-30(37)38-31(4,5)6)27(26-16-12-9-13-21(26)2)28(35)33-25-18-17-23-14-10-11-15-24(23)20-25/h9-18,20,22,27H,7-8,19H2,1-6H3,(H,32,37)(H,33,35). The Morgan fingerprint density at radius 3 is 2.26 bits per heavy atom. The highest BCUT2D eigenvalue weighted by molar-refractivity contribution is 6.00. The molecule has 0 aliphatic heterocycles. The zero-order valence-corrected chi connectivity index (χ0v) is 23.2. The Labute approximate surface area is 225 Å². The number of ether oxygens (including phenoxy) is 1. The first-order valence-corrected chi connectivity index (χ1v) is 13.2. The predicted octanol–water partition coefficient (Wildman–Crippen LogP) is 6.37. The van der Waals surface area contributed by atoms with Gasteiger partial charge in [0.1, 0.15) is 17.7 Å². The lowest BCUT2D eigenvalue weighted by Crippen LogP contribution is -2.51. The van der Waals surface area contributed by atoms with Gasteiger partial charge in [-0.3, -0.25) is 9.59 Å². The SMILES string of the molecule is CCCCN(C(=O)C(C)NC(=O)OC(C)(C)C)C(C(=O)Nc1ccc2ccccc2c1)c1ccccc1C. The molecular formula is C31H39N3O4. The van der Waals surface area contributed by atoms with Crippen LogP contribution < -0.4 is 10.6 Å². The van der Waals surface area contributed by atoms with Crippen LogP contribution in [0.4, 0.5) is 10.5 Å². The van der Waals surface area contributed by atoms with E-state index >= 15 is 0 Å². The Morgan fingerprint density at radius 2 is 1.61 bits per heavy atom. The highest BCUT2D eigenvalue weighted by atomic mass is 16.6. The van der Waals surface area contributed by atoms with Gasteiger partial charge in [0, 0.05) is 12.2 Å². The van der Waals surface area contributed by atoms with Gasteiger partial charge in [-0.1, -0.05) is 67.9 Å². The highest BCUT2D eigenvalue weighted by Gasteiger charge is 2.35. The predicted molar refractivity (Wildman–Crippen MR) is 152 cm³/mol. The second-order valence-corrected chi connectivity index (χ2v) is 10.6. The Morgan fingerprint density at radius 1 is 0.947 bits per heavy atom. The molecular weight excluding hydrogens is 478 g/mol. The molecule has 7 nitrogen and oxygen atoms in total. The van der Waals surface area contributed by atoms with Crippen LogP contribution in [-0.4, -0.2) is 41.0 Å². The van der Waals surface area contributed by atoms with Crippen molar-refractivity contribution in [1.82, 2.24) is 10.2 Å². The number of carbonyl (C=O) groups is 3. The van der Waals surface area contributed by atoms with Crippen molar-refractivity contribution >= 4 is 34.4 Å². The van der Waals surface area contributed by atoms with Crippen LogP contribution in [0.15, 0.2) is 66.7 Å². The van der Waals surface area contributed by atoms with Crippen LogP contribution in [0.25, 0.3) is 10.8 Å². The number of alkyl carbamates (subject to hydrolysis) is 1. The summed E-state index contributed by atoms with van der Waals surface area (Å²) in [7, 11) is 0. The smallest absolute Gasteiger partial charge is 0.408 e. The Bertz CT molecular complexity index is 1280. The first kappa shape index (κ1) is 28.7. The molecule has 0 aliphatic carbocycles. The van der Waals surface area contributed by atoms with Gasteiger partial charge in [-0.2, -0.15) is 0 Å². The normalized spacial score (nSPS) is 12.9. The van der Waals surface area contributed by atoms with Gasteiger partial charge in [0.05, 0.1) is 0 Å². The number of aryl methyl sites for hydroxylation is 1. The zero-order chi connectivity index (χ0) is 27.9. The number of hydrogen-bond donors (Lipinski definition) is 2. The van der Waals surface area contributed by atoms with Gasteiger partial charge in [-0.25, -0.2) is 4.79 Å². The lowest BCUT2D eigenvalue weighted by molar-refractivity contribution is -0.140. The number of anilines is 1. The molecule has 3 amide bonds. The van der Waals surface area contributed by atoms with E-state index < -0.39 is 23.8 Å². The van der Waals surface area contributed by atoms with Crippen LogP contribution in [0.1, 0.15) is 64.6 Å². The molecule has 7 heteroatoms. The first-order valence-electron chi connectivity index (χ1n) is 13.2. The van der Waals surface area contributed by atoms with Gasteiger partial charge in [0.25, 0.3) is 5.91 Å². The van der Waals surface area contributed by atoms with Crippen LogP contribution in [0.5, 0.6) is 0 Å². The van der Waals surface area contributed by atoms with Crippen molar-refractivity contribution in [1.29, 1.82) is 0 Å². The van der Waals surface area contributed by atoms with Crippen LogP contribution in [0.2, 0.25) is 0 Å².